The summed E-state index contributed by atoms with van der Waals surface area (Å²) in [4.78, 5) is 35.4. The molecule has 6 nitrogen and oxygen atoms in total. The van der Waals surface area contributed by atoms with Gasteiger partial charge in [0.1, 0.15) is 0 Å². The summed E-state index contributed by atoms with van der Waals surface area (Å²) < 4.78 is 4.60. The Balaban J connectivity index is 1.76. The lowest BCUT2D eigenvalue weighted by atomic mass is 10.2. The molecule has 1 aromatic carbocycles. The van der Waals surface area contributed by atoms with E-state index < -0.39 is 5.97 Å². The number of methoxy groups -OCH3 is 1. The van der Waals surface area contributed by atoms with Crippen LogP contribution in [-0.4, -0.2) is 31.4 Å². The molecule has 0 aliphatic carbocycles. The maximum Gasteiger partial charge on any atom is 0.337 e. The van der Waals surface area contributed by atoms with E-state index in [1.165, 1.54) is 18.4 Å². The molecule has 2 aromatic rings. The molecule has 2 N–H and O–H groups in total. The van der Waals surface area contributed by atoms with E-state index in [0.29, 0.717) is 16.1 Å². The van der Waals surface area contributed by atoms with Gasteiger partial charge in [-0.2, -0.15) is 0 Å². The monoisotopic (exact) mass is 332 g/mol. The molecule has 0 saturated carbocycles. The van der Waals surface area contributed by atoms with Gasteiger partial charge < -0.3 is 15.4 Å². The predicted octanol–water partition coefficient (Wildman–Crippen LogP) is 2.29. The summed E-state index contributed by atoms with van der Waals surface area (Å²) in [5.74, 6) is -0.836. The third-order valence-electron chi connectivity index (χ3n) is 2.97. The van der Waals surface area contributed by atoms with Gasteiger partial charge in [-0.1, -0.05) is 6.07 Å². The molecule has 0 unspecified atom stereocenters. The van der Waals surface area contributed by atoms with Crippen LogP contribution in [0.15, 0.2) is 41.8 Å². The highest BCUT2D eigenvalue weighted by Crippen LogP contribution is 2.11. The normalized spacial score (nSPS) is 9.96. The van der Waals surface area contributed by atoms with Crippen LogP contribution in [-0.2, 0) is 9.53 Å². The maximum absolute atomic E-state index is 11.8. The molecule has 0 fully saturated rings. The Kier molecular flexibility index (Phi) is 5.87. The third kappa shape index (κ3) is 4.93. The smallest absolute Gasteiger partial charge is 0.337 e. The van der Waals surface area contributed by atoms with Crippen molar-refractivity contribution in [2.45, 2.75) is 6.42 Å². The van der Waals surface area contributed by atoms with Crippen LogP contribution in [0.2, 0.25) is 0 Å². The Bertz CT molecular complexity index is 681. The number of esters is 1. The summed E-state index contributed by atoms with van der Waals surface area (Å²) >= 11 is 1.35. The first-order chi connectivity index (χ1) is 11.1. The minimum Gasteiger partial charge on any atom is -0.465 e. The van der Waals surface area contributed by atoms with Crippen LogP contribution in [0.3, 0.4) is 0 Å². The first-order valence-corrected chi connectivity index (χ1v) is 7.78. The van der Waals surface area contributed by atoms with Crippen LogP contribution < -0.4 is 10.6 Å². The zero-order valence-electron chi connectivity index (χ0n) is 12.5. The molecular formula is C16H16N2O4S. The molecule has 2 amide bonds. The Labute approximate surface area is 137 Å². The molecule has 2 rings (SSSR count). The molecule has 0 saturated heterocycles. The summed E-state index contributed by atoms with van der Waals surface area (Å²) in [7, 11) is 1.31. The first kappa shape index (κ1) is 16.7. The zero-order valence-corrected chi connectivity index (χ0v) is 13.3. The molecule has 0 radical (unpaired) electrons. The van der Waals surface area contributed by atoms with E-state index in [9.17, 15) is 14.4 Å². The van der Waals surface area contributed by atoms with Crippen molar-refractivity contribution in [2.75, 3.05) is 19.0 Å². The van der Waals surface area contributed by atoms with E-state index in [4.69, 9.17) is 0 Å². The Morgan fingerprint density at radius 3 is 2.48 bits per heavy atom. The molecule has 1 heterocycles. The van der Waals surface area contributed by atoms with E-state index in [0.717, 1.165) is 0 Å². The quantitative estimate of drug-likeness (QED) is 0.795. The molecule has 23 heavy (non-hydrogen) atoms. The van der Waals surface area contributed by atoms with Crippen LogP contribution in [0, 0.1) is 0 Å². The van der Waals surface area contributed by atoms with Crippen molar-refractivity contribution < 1.29 is 19.1 Å². The van der Waals surface area contributed by atoms with Crippen molar-refractivity contribution in [1.82, 2.24) is 5.32 Å². The number of benzene rings is 1. The molecule has 0 atom stereocenters. The van der Waals surface area contributed by atoms with Gasteiger partial charge in [0.15, 0.2) is 0 Å². The van der Waals surface area contributed by atoms with E-state index in [1.807, 2.05) is 5.38 Å². The third-order valence-corrected chi connectivity index (χ3v) is 3.84. The summed E-state index contributed by atoms with van der Waals surface area (Å²) in [5.41, 5.74) is 0.987. The number of rotatable bonds is 6. The SMILES string of the molecule is COC(=O)c1ccc(NC(=O)CCNC(=O)c2cccs2)cc1. The highest BCUT2D eigenvalue weighted by molar-refractivity contribution is 7.12. The van der Waals surface area contributed by atoms with E-state index in [1.54, 1.807) is 36.4 Å². The number of nitrogens with one attached hydrogen (secondary N) is 2. The standard InChI is InChI=1S/C16H16N2O4S/c1-22-16(21)11-4-6-12(7-5-11)18-14(19)8-9-17-15(20)13-3-2-10-23-13/h2-7,10H,8-9H2,1H3,(H,17,20)(H,18,19). The minimum atomic E-state index is -0.431. The summed E-state index contributed by atoms with van der Waals surface area (Å²) in [6.07, 6.45) is 0.163. The molecule has 7 heteroatoms. The zero-order chi connectivity index (χ0) is 16.7. The molecule has 1 aromatic heterocycles. The molecule has 0 aliphatic heterocycles. The van der Waals surface area contributed by atoms with Gasteiger partial charge in [0.2, 0.25) is 5.91 Å². The van der Waals surface area contributed by atoms with E-state index in [-0.39, 0.29) is 24.8 Å². The van der Waals surface area contributed by atoms with Crippen LogP contribution >= 0.6 is 11.3 Å². The van der Waals surface area contributed by atoms with Crippen LogP contribution in [0.25, 0.3) is 0 Å². The van der Waals surface area contributed by atoms with Crippen molar-refractivity contribution >= 4 is 34.8 Å². The maximum atomic E-state index is 11.8. The highest BCUT2D eigenvalue weighted by Gasteiger charge is 2.08. The van der Waals surface area contributed by atoms with Gasteiger partial charge in [0.05, 0.1) is 17.6 Å². The van der Waals surface area contributed by atoms with Gasteiger partial charge in [-0.25, -0.2) is 4.79 Å². The van der Waals surface area contributed by atoms with Crippen LogP contribution in [0.4, 0.5) is 5.69 Å². The lowest BCUT2D eigenvalue weighted by Crippen LogP contribution is -2.27. The lowest BCUT2D eigenvalue weighted by molar-refractivity contribution is -0.116. The number of thiophene rings is 1. The van der Waals surface area contributed by atoms with Crippen molar-refractivity contribution in [3.05, 3.63) is 52.2 Å². The van der Waals surface area contributed by atoms with Crippen molar-refractivity contribution in [3.8, 4) is 0 Å². The second-order valence-electron chi connectivity index (χ2n) is 4.60. The minimum absolute atomic E-state index is 0.163. The lowest BCUT2D eigenvalue weighted by Gasteiger charge is -2.07. The van der Waals surface area contributed by atoms with Crippen LogP contribution in [0.1, 0.15) is 26.5 Å². The van der Waals surface area contributed by atoms with Gasteiger partial charge in [-0.05, 0) is 35.7 Å². The predicted molar refractivity (Wildman–Crippen MR) is 87.7 cm³/mol. The van der Waals surface area contributed by atoms with Gasteiger partial charge in [0.25, 0.3) is 5.91 Å². The second-order valence-corrected chi connectivity index (χ2v) is 5.55. The fraction of sp³-hybridized carbons (Fsp3) is 0.188. The molecule has 0 aliphatic rings. The Hall–Kier alpha value is -2.67. The van der Waals surface area contributed by atoms with E-state index >= 15 is 0 Å². The fourth-order valence-electron chi connectivity index (χ4n) is 1.82. The molecule has 120 valence electrons. The molecule has 0 spiro atoms. The topological polar surface area (TPSA) is 84.5 Å². The first-order valence-electron chi connectivity index (χ1n) is 6.90. The van der Waals surface area contributed by atoms with Crippen molar-refractivity contribution in [1.29, 1.82) is 0 Å². The van der Waals surface area contributed by atoms with Gasteiger partial charge >= 0.3 is 5.97 Å². The summed E-state index contributed by atoms with van der Waals surface area (Å²) in [6.45, 7) is 0.253. The number of hydrogen-bond acceptors (Lipinski definition) is 5. The largest absolute Gasteiger partial charge is 0.465 e. The van der Waals surface area contributed by atoms with Crippen LogP contribution in [0.5, 0.6) is 0 Å². The average Bonchev–Trinajstić information content (AvgIpc) is 3.09. The second kappa shape index (κ2) is 8.09. The van der Waals surface area contributed by atoms with Gasteiger partial charge in [0, 0.05) is 18.7 Å². The Morgan fingerprint density at radius 2 is 1.87 bits per heavy atom. The number of amides is 2. The highest BCUT2D eigenvalue weighted by atomic mass is 32.1. The van der Waals surface area contributed by atoms with Crippen molar-refractivity contribution in [2.24, 2.45) is 0 Å². The summed E-state index contributed by atoms with van der Waals surface area (Å²) in [6, 6.07) is 9.90. The Morgan fingerprint density at radius 1 is 1.13 bits per heavy atom. The number of carbonyl (C=O) groups is 3. The average molecular weight is 332 g/mol. The number of ether oxygens (including phenoxy) is 1. The van der Waals surface area contributed by atoms with Crippen molar-refractivity contribution in [3.63, 3.8) is 0 Å². The molecular weight excluding hydrogens is 316 g/mol. The molecule has 0 bridgehead atoms. The number of anilines is 1. The van der Waals surface area contributed by atoms with E-state index in [2.05, 4.69) is 15.4 Å². The van der Waals surface area contributed by atoms with Gasteiger partial charge in [-0.15, -0.1) is 11.3 Å². The summed E-state index contributed by atoms with van der Waals surface area (Å²) in [5, 5.41) is 7.20. The fourth-order valence-corrected chi connectivity index (χ4v) is 2.46. The number of carbonyl (C=O) groups excluding carboxylic acids is 3. The number of hydrogen-bond donors (Lipinski definition) is 2. The van der Waals surface area contributed by atoms with Gasteiger partial charge in [-0.3, -0.25) is 9.59 Å².